The summed E-state index contributed by atoms with van der Waals surface area (Å²) in [6.07, 6.45) is 0. The molecule has 0 aliphatic carbocycles. The highest BCUT2D eigenvalue weighted by atomic mass is 19.1. The third-order valence-electron chi connectivity index (χ3n) is 3.29. The maximum atomic E-state index is 13.3. The van der Waals surface area contributed by atoms with Gasteiger partial charge in [-0.2, -0.15) is 0 Å². The van der Waals surface area contributed by atoms with Crippen molar-refractivity contribution in [3.8, 4) is 0 Å². The molecule has 3 rings (SSSR count). The van der Waals surface area contributed by atoms with Crippen LogP contribution in [0.25, 0.3) is 0 Å². The number of hydrogen-bond acceptors (Lipinski definition) is 2. The molecule has 0 saturated heterocycles. The third-order valence-corrected chi connectivity index (χ3v) is 3.29. The smallest absolute Gasteiger partial charge is 0.195 e. The van der Waals surface area contributed by atoms with Crippen LogP contribution in [0.1, 0.15) is 21.5 Å². The SMILES string of the molecule is CN1Cc2ccccc2C(=O)c2ccc(F)cc21. The molecule has 0 bridgehead atoms. The van der Waals surface area contributed by atoms with E-state index in [9.17, 15) is 9.18 Å². The Kier molecular flexibility index (Phi) is 2.40. The molecule has 18 heavy (non-hydrogen) atoms. The number of benzene rings is 2. The normalized spacial score (nSPS) is 13.9. The average molecular weight is 241 g/mol. The van der Waals surface area contributed by atoms with Gasteiger partial charge in [-0.1, -0.05) is 24.3 Å². The van der Waals surface area contributed by atoms with E-state index < -0.39 is 0 Å². The summed E-state index contributed by atoms with van der Waals surface area (Å²) in [4.78, 5) is 14.3. The number of carbonyl (C=O) groups is 1. The molecule has 0 unspecified atom stereocenters. The van der Waals surface area contributed by atoms with Crippen LogP contribution in [-0.2, 0) is 6.54 Å². The first kappa shape index (κ1) is 11.0. The highest BCUT2D eigenvalue weighted by Crippen LogP contribution is 2.30. The Morgan fingerprint density at radius 3 is 2.72 bits per heavy atom. The first-order chi connectivity index (χ1) is 8.66. The fourth-order valence-corrected chi connectivity index (χ4v) is 2.38. The largest absolute Gasteiger partial charge is 0.370 e. The molecule has 0 aromatic heterocycles. The van der Waals surface area contributed by atoms with Gasteiger partial charge in [-0.05, 0) is 23.8 Å². The molecular formula is C15H12FNO. The Morgan fingerprint density at radius 1 is 1.11 bits per heavy atom. The summed E-state index contributed by atoms with van der Waals surface area (Å²) in [6, 6.07) is 11.8. The first-order valence-electron chi connectivity index (χ1n) is 5.80. The van der Waals surface area contributed by atoms with Crippen molar-refractivity contribution >= 4 is 11.5 Å². The molecule has 0 fully saturated rings. The maximum absolute atomic E-state index is 13.3. The molecule has 0 atom stereocenters. The van der Waals surface area contributed by atoms with Gasteiger partial charge in [-0.15, -0.1) is 0 Å². The minimum atomic E-state index is -0.320. The number of ketones is 1. The van der Waals surface area contributed by atoms with Gasteiger partial charge in [0.2, 0.25) is 0 Å². The minimum Gasteiger partial charge on any atom is -0.370 e. The summed E-state index contributed by atoms with van der Waals surface area (Å²) in [6.45, 7) is 0.609. The van der Waals surface area contributed by atoms with Crippen LogP contribution in [0.5, 0.6) is 0 Å². The lowest BCUT2D eigenvalue weighted by atomic mass is 9.99. The van der Waals surface area contributed by atoms with Gasteiger partial charge in [-0.25, -0.2) is 4.39 Å². The van der Waals surface area contributed by atoms with Crippen LogP contribution >= 0.6 is 0 Å². The van der Waals surface area contributed by atoms with Crippen LogP contribution in [-0.4, -0.2) is 12.8 Å². The molecule has 2 nitrogen and oxygen atoms in total. The molecular weight excluding hydrogens is 229 g/mol. The van der Waals surface area contributed by atoms with Gasteiger partial charge in [0.25, 0.3) is 0 Å². The minimum absolute atomic E-state index is 0.0371. The second-order valence-corrected chi connectivity index (χ2v) is 4.50. The van der Waals surface area contributed by atoms with Gasteiger partial charge >= 0.3 is 0 Å². The van der Waals surface area contributed by atoms with E-state index in [0.29, 0.717) is 23.4 Å². The van der Waals surface area contributed by atoms with E-state index in [2.05, 4.69) is 0 Å². The second-order valence-electron chi connectivity index (χ2n) is 4.50. The highest BCUT2D eigenvalue weighted by molar-refractivity contribution is 6.13. The van der Waals surface area contributed by atoms with Gasteiger partial charge in [-0.3, -0.25) is 4.79 Å². The summed E-state index contributed by atoms with van der Waals surface area (Å²) in [5.41, 5.74) is 2.89. The van der Waals surface area contributed by atoms with Crippen molar-refractivity contribution in [3.63, 3.8) is 0 Å². The van der Waals surface area contributed by atoms with Crippen LogP contribution in [0.3, 0.4) is 0 Å². The molecule has 2 aromatic carbocycles. The number of hydrogen-bond donors (Lipinski definition) is 0. The Hall–Kier alpha value is -2.16. The quantitative estimate of drug-likeness (QED) is 0.706. The van der Waals surface area contributed by atoms with E-state index >= 15 is 0 Å². The van der Waals surface area contributed by atoms with Gasteiger partial charge in [0.05, 0.1) is 5.69 Å². The van der Waals surface area contributed by atoms with Crippen LogP contribution in [0.4, 0.5) is 10.1 Å². The summed E-state index contributed by atoms with van der Waals surface area (Å²) in [7, 11) is 1.87. The van der Waals surface area contributed by atoms with Crippen LogP contribution in [0.2, 0.25) is 0 Å². The van der Waals surface area contributed by atoms with Crippen molar-refractivity contribution in [2.45, 2.75) is 6.54 Å². The van der Waals surface area contributed by atoms with Crippen LogP contribution < -0.4 is 4.90 Å². The molecule has 90 valence electrons. The number of fused-ring (bicyclic) bond motifs is 2. The molecule has 1 aliphatic rings. The topological polar surface area (TPSA) is 20.3 Å². The predicted octanol–water partition coefficient (Wildman–Crippen LogP) is 3.01. The van der Waals surface area contributed by atoms with Gasteiger partial charge in [0, 0.05) is 24.7 Å². The Balaban J connectivity index is 2.25. The highest BCUT2D eigenvalue weighted by Gasteiger charge is 2.23. The van der Waals surface area contributed by atoms with E-state index in [-0.39, 0.29) is 11.6 Å². The Morgan fingerprint density at radius 2 is 1.89 bits per heavy atom. The van der Waals surface area contributed by atoms with Crippen molar-refractivity contribution < 1.29 is 9.18 Å². The molecule has 0 spiro atoms. The zero-order valence-electron chi connectivity index (χ0n) is 9.98. The molecule has 1 heterocycles. The molecule has 0 saturated carbocycles. The van der Waals surface area contributed by atoms with E-state index in [0.717, 1.165) is 5.56 Å². The van der Waals surface area contributed by atoms with E-state index in [4.69, 9.17) is 0 Å². The van der Waals surface area contributed by atoms with Crippen molar-refractivity contribution in [2.24, 2.45) is 0 Å². The van der Waals surface area contributed by atoms with Crippen LogP contribution in [0, 0.1) is 5.82 Å². The monoisotopic (exact) mass is 241 g/mol. The fourth-order valence-electron chi connectivity index (χ4n) is 2.38. The van der Waals surface area contributed by atoms with Gasteiger partial charge < -0.3 is 4.90 Å². The lowest BCUT2D eigenvalue weighted by Gasteiger charge is -2.19. The zero-order valence-corrected chi connectivity index (χ0v) is 9.98. The maximum Gasteiger partial charge on any atom is 0.195 e. The fraction of sp³-hybridized carbons (Fsp3) is 0.133. The van der Waals surface area contributed by atoms with E-state index in [1.165, 1.54) is 12.1 Å². The lowest BCUT2D eigenvalue weighted by Crippen LogP contribution is -2.16. The van der Waals surface area contributed by atoms with Crippen molar-refractivity contribution in [1.29, 1.82) is 0 Å². The standard InChI is InChI=1S/C15H12FNO/c1-17-9-10-4-2-3-5-12(10)15(18)13-7-6-11(16)8-14(13)17/h2-8H,9H2,1H3. The molecule has 0 N–H and O–H groups in total. The molecule has 3 heteroatoms. The zero-order chi connectivity index (χ0) is 12.7. The molecule has 2 aromatic rings. The number of nitrogens with zero attached hydrogens (tertiary/aromatic N) is 1. The van der Waals surface area contributed by atoms with Gasteiger partial charge in [0.15, 0.2) is 5.78 Å². The number of rotatable bonds is 0. The summed E-state index contributed by atoms with van der Waals surface area (Å²) in [5.74, 6) is -0.357. The molecule has 0 amide bonds. The third kappa shape index (κ3) is 1.59. The second kappa shape index (κ2) is 3.95. The predicted molar refractivity (Wildman–Crippen MR) is 68.4 cm³/mol. The average Bonchev–Trinajstić information content (AvgIpc) is 2.47. The molecule has 1 aliphatic heterocycles. The van der Waals surface area contributed by atoms with Crippen LogP contribution in [0.15, 0.2) is 42.5 Å². The summed E-state index contributed by atoms with van der Waals surface area (Å²) >= 11 is 0. The summed E-state index contributed by atoms with van der Waals surface area (Å²) < 4.78 is 13.3. The lowest BCUT2D eigenvalue weighted by molar-refractivity contribution is 0.103. The number of carbonyl (C=O) groups excluding carboxylic acids is 1. The van der Waals surface area contributed by atoms with Crippen molar-refractivity contribution in [1.82, 2.24) is 0 Å². The van der Waals surface area contributed by atoms with Crippen molar-refractivity contribution in [2.75, 3.05) is 11.9 Å². The van der Waals surface area contributed by atoms with Gasteiger partial charge in [0.1, 0.15) is 5.82 Å². The Labute approximate surface area is 105 Å². The summed E-state index contributed by atoms with van der Waals surface area (Å²) in [5, 5.41) is 0. The number of anilines is 1. The number of halogens is 1. The Bertz CT molecular complexity index is 636. The molecule has 0 radical (unpaired) electrons. The van der Waals surface area contributed by atoms with Crippen molar-refractivity contribution in [3.05, 3.63) is 65.0 Å². The first-order valence-corrected chi connectivity index (χ1v) is 5.80. The van der Waals surface area contributed by atoms with E-state index in [1.807, 2.05) is 36.2 Å². The van der Waals surface area contributed by atoms with E-state index in [1.54, 1.807) is 6.07 Å².